The summed E-state index contributed by atoms with van der Waals surface area (Å²) in [5, 5.41) is 5.69. The van der Waals surface area contributed by atoms with Crippen LogP contribution in [0, 0.1) is 12.8 Å². The molecule has 1 heterocycles. The van der Waals surface area contributed by atoms with Gasteiger partial charge in [-0.05, 0) is 57.9 Å². The van der Waals surface area contributed by atoms with Crippen molar-refractivity contribution in [3.8, 4) is 0 Å². The maximum absolute atomic E-state index is 12.9. The molecule has 2 aromatic carbocycles. The number of aryl methyl sites for hydroxylation is 1. The van der Waals surface area contributed by atoms with Crippen LogP contribution in [0.4, 0.5) is 5.69 Å². The molecule has 1 saturated heterocycles. The Kier molecular flexibility index (Phi) is 7.12. The Morgan fingerprint density at radius 2 is 1.61 bits per heavy atom. The van der Waals surface area contributed by atoms with Crippen molar-refractivity contribution in [1.29, 1.82) is 0 Å². The quantitative estimate of drug-likeness (QED) is 0.717. The molecule has 2 N–H and O–H groups in total. The summed E-state index contributed by atoms with van der Waals surface area (Å²) in [5.74, 6) is -0.757. The summed E-state index contributed by atoms with van der Waals surface area (Å²) in [4.78, 5) is 25.5. The fourth-order valence-corrected chi connectivity index (χ4v) is 5.05. The molecule has 0 spiro atoms. The molecule has 7 nitrogen and oxygen atoms in total. The SMILES string of the molecule is Cc1ccc(S(=O)(=O)N2CCC(C(=O)Nc3ccccc3C(=O)NC(C)C)CC2)cc1. The minimum absolute atomic E-state index is 0.0175. The number of nitrogens with zero attached hydrogens (tertiary/aromatic N) is 1. The van der Waals surface area contributed by atoms with Gasteiger partial charge in [-0.15, -0.1) is 0 Å². The van der Waals surface area contributed by atoms with E-state index in [-0.39, 0.29) is 41.8 Å². The molecule has 8 heteroatoms. The van der Waals surface area contributed by atoms with Gasteiger partial charge < -0.3 is 10.6 Å². The lowest BCUT2D eigenvalue weighted by atomic mass is 9.97. The molecule has 1 aliphatic rings. The fourth-order valence-electron chi connectivity index (χ4n) is 3.58. The lowest BCUT2D eigenvalue weighted by Gasteiger charge is -2.30. The van der Waals surface area contributed by atoms with Gasteiger partial charge in [0.15, 0.2) is 0 Å². The Labute approximate surface area is 183 Å². The molecule has 2 aromatic rings. The van der Waals surface area contributed by atoms with Gasteiger partial charge in [0.2, 0.25) is 15.9 Å². The van der Waals surface area contributed by atoms with Crippen molar-refractivity contribution in [2.75, 3.05) is 18.4 Å². The first-order valence-electron chi connectivity index (χ1n) is 10.5. The molecule has 0 unspecified atom stereocenters. The van der Waals surface area contributed by atoms with Crippen LogP contribution >= 0.6 is 0 Å². The van der Waals surface area contributed by atoms with Gasteiger partial charge in [-0.25, -0.2) is 8.42 Å². The average molecular weight is 444 g/mol. The van der Waals surface area contributed by atoms with E-state index in [4.69, 9.17) is 0 Å². The molecule has 3 rings (SSSR count). The third kappa shape index (κ3) is 5.51. The monoisotopic (exact) mass is 443 g/mol. The number of hydrogen-bond acceptors (Lipinski definition) is 4. The predicted molar refractivity (Wildman–Crippen MR) is 120 cm³/mol. The molecule has 2 amide bonds. The molecule has 1 aliphatic heterocycles. The van der Waals surface area contributed by atoms with E-state index in [2.05, 4.69) is 10.6 Å². The third-order valence-electron chi connectivity index (χ3n) is 5.33. The smallest absolute Gasteiger partial charge is 0.253 e. The summed E-state index contributed by atoms with van der Waals surface area (Å²) in [5.41, 5.74) is 1.86. The highest BCUT2D eigenvalue weighted by Gasteiger charge is 2.32. The van der Waals surface area contributed by atoms with Crippen molar-refractivity contribution in [1.82, 2.24) is 9.62 Å². The zero-order chi connectivity index (χ0) is 22.6. The van der Waals surface area contributed by atoms with Crippen LogP contribution in [-0.4, -0.2) is 43.7 Å². The van der Waals surface area contributed by atoms with Crippen LogP contribution < -0.4 is 10.6 Å². The van der Waals surface area contributed by atoms with Crippen LogP contribution in [0.3, 0.4) is 0 Å². The number of benzene rings is 2. The first-order valence-corrected chi connectivity index (χ1v) is 11.9. The molecule has 166 valence electrons. The number of piperidine rings is 1. The largest absolute Gasteiger partial charge is 0.350 e. The maximum Gasteiger partial charge on any atom is 0.253 e. The summed E-state index contributed by atoms with van der Waals surface area (Å²) in [7, 11) is -3.57. The number of carbonyl (C=O) groups excluding carboxylic acids is 2. The number of hydrogen-bond donors (Lipinski definition) is 2. The number of amides is 2. The molecule has 0 aliphatic carbocycles. The molecule has 0 bridgehead atoms. The molecule has 0 radical (unpaired) electrons. The molecule has 31 heavy (non-hydrogen) atoms. The Morgan fingerprint density at radius 1 is 1.00 bits per heavy atom. The highest BCUT2D eigenvalue weighted by Crippen LogP contribution is 2.26. The number of para-hydroxylation sites is 1. The van der Waals surface area contributed by atoms with Gasteiger partial charge in [0.1, 0.15) is 0 Å². The number of carbonyl (C=O) groups is 2. The highest BCUT2D eigenvalue weighted by atomic mass is 32.2. The van der Waals surface area contributed by atoms with E-state index >= 15 is 0 Å². The zero-order valence-electron chi connectivity index (χ0n) is 18.1. The summed E-state index contributed by atoms with van der Waals surface area (Å²) < 4.78 is 27.1. The molecule has 0 aromatic heterocycles. The number of anilines is 1. The summed E-state index contributed by atoms with van der Waals surface area (Å²) in [6, 6.07) is 13.6. The second-order valence-corrected chi connectivity index (χ2v) is 10.1. The zero-order valence-corrected chi connectivity index (χ0v) is 18.9. The van der Waals surface area contributed by atoms with E-state index in [0.29, 0.717) is 24.1 Å². The Morgan fingerprint density at radius 3 is 2.23 bits per heavy atom. The fraction of sp³-hybridized carbons (Fsp3) is 0.391. The lowest BCUT2D eigenvalue weighted by molar-refractivity contribution is -0.120. The van der Waals surface area contributed by atoms with Crippen LogP contribution in [0.25, 0.3) is 0 Å². The summed E-state index contributed by atoms with van der Waals surface area (Å²) in [6.45, 7) is 6.22. The first kappa shape index (κ1) is 23.0. The Hall–Kier alpha value is -2.71. The van der Waals surface area contributed by atoms with Gasteiger partial charge in [-0.1, -0.05) is 29.8 Å². The van der Waals surface area contributed by atoms with Crippen molar-refractivity contribution in [2.24, 2.45) is 5.92 Å². The summed E-state index contributed by atoms with van der Waals surface area (Å²) >= 11 is 0. The maximum atomic E-state index is 12.9. The standard InChI is InChI=1S/C23H29N3O4S/c1-16(2)24-23(28)20-6-4-5-7-21(20)25-22(27)18-12-14-26(15-13-18)31(29,30)19-10-8-17(3)9-11-19/h4-11,16,18H,12-15H2,1-3H3,(H,24,28)(H,25,27). The first-order chi connectivity index (χ1) is 14.7. The van der Waals surface area contributed by atoms with E-state index in [1.807, 2.05) is 20.8 Å². The minimum Gasteiger partial charge on any atom is -0.350 e. The normalized spacial score (nSPS) is 15.6. The average Bonchev–Trinajstić information content (AvgIpc) is 2.74. The van der Waals surface area contributed by atoms with E-state index in [0.717, 1.165) is 5.56 Å². The third-order valence-corrected chi connectivity index (χ3v) is 7.25. The lowest BCUT2D eigenvalue weighted by Crippen LogP contribution is -2.41. The van der Waals surface area contributed by atoms with Crippen LogP contribution in [0.1, 0.15) is 42.6 Å². The van der Waals surface area contributed by atoms with Crippen molar-refractivity contribution in [3.05, 3.63) is 59.7 Å². The molecular weight excluding hydrogens is 414 g/mol. The van der Waals surface area contributed by atoms with Gasteiger partial charge in [0.05, 0.1) is 16.1 Å². The van der Waals surface area contributed by atoms with Crippen molar-refractivity contribution < 1.29 is 18.0 Å². The molecule has 0 saturated carbocycles. The van der Waals surface area contributed by atoms with Crippen LogP contribution in [0.2, 0.25) is 0 Å². The Bertz CT molecular complexity index is 1040. The topological polar surface area (TPSA) is 95.6 Å². The van der Waals surface area contributed by atoms with E-state index < -0.39 is 10.0 Å². The summed E-state index contributed by atoms with van der Waals surface area (Å²) in [6.07, 6.45) is 0.856. The molecular formula is C23H29N3O4S. The van der Waals surface area contributed by atoms with Crippen molar-refractivity contribution >= 4 is 27.5 Å². The second-order valence-electron chi connectivity index (χ2n) is 8.15. The van der Waals surface area contributed by atoms with Crippen LogP contribution in [0.15, 0.2) is 53.4 Å². The van der Waals surface area contributed by atoms with Crippen LogP contribution in [0.5, 0.6) is 0 Å². The van der Waals surface area contributed by atoms with E-state index in [1.165, 1.54) is 4.31 Å². The molecule has 0 atom stereocenters. The van der Waals surface area contributed by atoms with Gasteiger partial charge in [-0.2, -0.15) is 4.31 Å². The number of rotatable bonds is 6. The minimum atomic E-state index is -3.57. The Balaban J connectivity index is 1.64. The number of nitrogens with one attached hydrogen (secondary N) is 2. The number of sulfonamides is 1. The predicted octanol–water partition coefficient (Wildman–Crippen LogP) is 3.17. The molecule has 1 fully saturated rings. The van der Waals surface area contributed by atoms with Crippen LogP contribution in [-0.2, 0) is 14.8 Å². The van der Waals surface area contributed by atoms with Crippen molar-refractivity contribution in [3.63, 3.8) is 0 Å². The van der Waals surface area contributed by atoms with Gasteiger partial charge >= 0.3 is 0 Å². The van der Waals surface area contributed by atoms with Gasteiger partial charge in [-0.3, -0.25) is 9.59 Å². The van der Waals surface area contributed by atoms with Crippen molar-refractivity contribution in [2.45, 2.75) is 44.6 Å². The second kappa shape index (κ2) is 9.62. The van der Waals surface area contributed by atoms with E-state index in [9.17, 15) is 18.0 Å². The van der Waals surface area contributed by atoms with Gasteiger partial charge in [0.25, 0.3) is 5.91 Å². The van der Waals surface area contributed by atoms with Gasteiger partial charge in [0, 0.05) is 25.0 Å². The van der Waals surface area contributed by atoms with E-state index in [1.54, 1.807) is 48.5 Å². The highest BCUT2D eigenvalue weighted by molar-refractivity contribution is 7.89.